The summed E-state index contributed by atoms with van der Waals surface area (Å²) in [7, 11) is 0. The maximum absolute atomic E-state index is 9.04. The van der Waals surface area contributed by atoms with E-state index < -0.39 is 0 Å². The molecule has 0 aliphatic carbocycles. The minimum Gasteiger partial charge on any atom is -0.510 e. The number of para-hydroxylation sites is 4. The first-order valence-electron chi connectivity index (χ1n) is 24.4. The molecule has 6 heteroatoms. The Labute approximate surface area is 409 Å². The van der Waals surface area contributed by atoms with Crippen LogP contribution in [0.5, 0.6) is 11.5 Å². The van der Waals surface area contributed by atoms with Gasteiger partial charge in [0, 0.05) is 44.3 Å². The van der Waals surface area contributed by atoms with Crippen LogP contribution in [-0.2, 0) is 38.3 Å². The van der Waals surface area contributed by atoms with E-state index in [9.17, 15) is 0 Å². The molecule has 0 spiro atoms. The van der Waals surface area contributed by atoms with Crippen molar-refractivity contribution in [2.45, 2.75) is 72.6 Å². The van der Waals surface area contributed by atoms with Gasteiger partial charge in [0.25, 0.3) is 6.33 Å². The van der Waals surface area contributed by atoms with Gasteiger partial charge < -0.3 is 13.9 Å². The van der Waals surface area contributed by atoms with Gasteiger partial charge in [0.15, 0.2) is 0 Å². The van der Waals surface area contributed by atoms with Crippen molar-refractivity contribution in [3.8, 4) is 50.9 Å². The number of fused-ring (bicyclic) bond motifs is 4. The molecule has 10 rings (SSSR count). The second kappa shape index (κ2) is 17.7. The van der Waals surface area contributed by atoms with Gasteiger partial charge in [-0.15, -0.1) is 29.7 Å². The second-order valence-corrected chi connectivity index (χ2v) is 19.4. The van der Waals surface area contributed by atoms with Crippen molar-refractivity contribution in [2.24, 2.45) is 5.92 Å². The molecule has 0 atom stereocenters. The van der Waals surface area contributed by atoms with E-state index in [0.717, 1.165) is 56.6 Å². The zero-order valence-corrected chi connectivity index (χ0v) is 40.8. The maximum atomic E-state index is 9.04. The maximum Gasteiger partial charge on any atom is 0.268 e. The van der Waals surface area contributed by atoms with Crippen molar-refractivity contribution >= 4 is 32.8 Å². The van der Waals surface area contributed by atoms with Crippen molar-refractivity contribution in [2.75, 3.05) is 0 Å². The largest absolute Gasteiger partial charge is 0.510 e. The standard InChI is InChI=1S/C60H54N4O.Pt/c1-40(2)32-41-30-31-61-57(33-41)64-53-25-13-12-22-51(53)52-29-28-48(38-56(52)64)65-47-21-16-20-46(37-47)62-39-63(55-27-15-14-26-54(55)62)58-49(42-18-10-9-11-19-42)23-17-24-50(58)43-34-44(59(3,4)5)36-45(35-43)60(6,7)8;/h9-31,33-36,40H,32H2,1-8H3;/q-2;/i12D,13D,22D,25D;. The molecule has 5 nitrogen and oxygen atoms in total. The molecule has 0 N–H and O–H groups in total. The first-order chi connectivity index (χ1) is 33.0. The summed E-state index contributed by atoms with van der Waals surface area (Å²) >= 11 is 0. The van der Waals surface area contributed by atoms with Crippen LogP contribution >= 0.6 is 0 Å². The average Bonchev–Trinajstić information content (AvgIpc) is 3.88. The van der Waals surface area contributed by atoms with Crippen molar-refractivity contribution < 1.29 is 35.9 Å². The molecule has 0 saturated heterocycles. The van der Waals surface area contributed by atoms with E-state index in [1.165, 1.54) is 11.1 Å². The third kappa shape index (κ3) is 8.54. The molecule has 0 fully saturated rings. The third-order valence-electron chi connectivity index (χ3n) is 12.1. The molecule has 0 bridgehead atoms. The molecule has 0 aliphatic rings. The predicted octanol–water partition coefficient (Wildman–Crippen LogP) is 14.7. The zero-order valence-electron chi connectivity index (χ0n) is 42.6. The summed E-state index contributed by atoms with van der Waals surface area (Å²) in [6, 6.07) is 52.0. The van der Waals surface area contributed by atoms with Crippen molar-refractivity contribution in [3.63, 3.8) is 0 Å². The van der Waals surface area contributed by atoms with Gasteiger partial charge in [-0.05, 0) is 91.4 Å². The van der Waals surface area contributed by atoms with Crippen molar-refractivity contribution in [1.82, 2.24) is 14.1 Å². The van der Waals surface area contributed by atoms with E-state index in [4.69, 9.17) is 15.2 Å². The van der Waals surface area contributed by atoms with Gasteiger partial charge in [-0.1, -0.05) is 170 Å². The Kier molecular flexibility index (Phi) is 10.7. The molecular formula is C60H54N4OPt-2. The molecule has 3 aromatic heterocycles. The minimum absolute atomic E-state index is 0. The van der Waals surface area contributed by atoms with Crippen molar-refractivity contribution in [3.05, 3.63) is 199 Å². The topological polar surface area (TPSA) is 35.9 Å². The Balaban J connectivity index is 0.00000608. The number of benzene rings is 7. The third-order valence-corrected chi connectivity index (χ3v) is 12.1. The van der Waals surface area contributed by atoms with Gasteiger partial charge >= 0.3 is 0 Å². The fraction of sp³-hybridized carbons (Fsp3) is 0.200. The van der Waals surface area contributed by atoms with E-state index >= 15 is 0 Å². The summed E-state index contributed by atoms with van der Waals surface area (Å²) in [5, 5.41) is 1.02. The number of pyridine rings is 1. The van der Waals surface area contributed by atoms with E-state index in [2.05, 4.69) is 157 Å². The van der Waals surface area contributed by atoms with Crippen molar-refractivity contribution in [1.29, 1.82) is 0 Å². The SMILES string of the molecule is [2H]c1c([2H])c([2H])c2c(c1[2H])c1ccc(Oc3[c-]c(-n4[c-][n+](-c5c(-c6ccccc6)cccc5-c5cc(C(C)(C)C)cc(C(C)(C)C)c5)c5ccccc54)ccc3)[c-]c1n2-c1cc(CC(C)C)ccn1.[Pt]. The number of imidazole rings is 1. The number of nitrogens with zero attached hydrogens (tertiary/aromatic N) is 4. The van der Waals surface area contributed by atoms with Crippen LogP contribution in [0.25, 0.3) is 72.3 Å². The molecule has 3 heterocycles. The number of aromatic nitrogens is 4. The molecule has 7 aromatic carbocycles. The van der Waals surface area contributed by atoms with E-state index in [1.54, 1.807) is 16.8 Å². The predicted molar refractivity (Wildman–Crippen MR) is 267 cm³/mol. The molecule has 332 valence electrons. The second-order valence-electron chi connectivity index (χ2n) is 19.4. The smallest absolute Gasteiger partial charge is 0.268 e. The normalized spacial score (nSPS) is 12.9. The zero-order chi connectivity index (χ0) is 48.5. The minimum atomic E-state index is -0.308. The van der Waals surface area contributed by atoms with Crippen LogP contribution < -0.4 is 9.30 Å². The number of hydrogen-bond acceptors (Lipinski definition) is 2. The summed E-state index contributed by atoms with van der Waals surface area (Å²) in [4.78, 5) is 4.73. The molecule has 0 unspecified atom stereocenters. The van der Waals surface area contributed by atoms with Gasteiger partial charge in [-0.25, -0.2) is 4.98 Å². The van der Waals surface area contributed by atoms with Crippen LogP contribution in [0.1, 0.15) is 77.6 Å². The number of ether oxygens (including phenoxy) is 1. The first-order valence-corrected chi connectivity index (χ1v) is 22.4. The van der Waals surface area contributed by atoms with Crippen LogP contribution in [0, 0.1) is 24.4 Å². The van der Waals surface area contributed by atoms with Gasteiger partial charge in [-0.3, -0.25) is 4.57 Å². The number of rotatable bonds is 9. The van der Waals surface area contributed by atoms with Crippen LogP contribution in [0.15, 0.2) is 164 Å². The van der Waals surface area contributed by atoms with Gasteiger partial charge in [0.1, 0.15) is 5.82 Å². The van der Waals surface area contributed by atoms with Crippen LogP contribution in [0.2, 0.25) is 0 Å². The van der Waals surface area contributed by atoms with E-state index in [-0.39, 0.29) is 56.1 Å². The Morgan fingerprint density at radius 2 is 1.35 bits per heavy atom. The van der Waals surface area contributed by atoms with Crippen LogP contribution in [0.4, 0.5) is 0 Å². The van der Waals surface area contributed by atoms with E-state index in [1.807, 2.05) is 53.1 Å². The summed E-state index contributed by atoms with van der Waals surface area (Å²) in [5.41, 5.74) is 12.4. The monoisotopic (exact) mass is 1050 g/mol. The molecule has 0 amide bonds. The van der Waals surface area contributed by atoms with Crippen LogP contribution in [0.3, 0.4) is 0 Å². The van der Waals surface area contributed by atoms with Gasteiger partial charge in [-0.2, -0.15) is 18.2 Å². The summed E-state index contributed by atoms with van der Waals surface area (Å²) in [6.07, 6.45) is 6.36. The Bertz CT molecular complexity index is 3590. The molecule has 66 heavy (non-hydrogen) atoms. The molecule has 0 radical (unpaired) electrons. The Morgan fingerprint density at radius 1 is 0.667 bits per heavy atom. The molecule has 0 aliphatic heterocycles. The average molecular weight is 1050 g/mol. The summed E-state index contributed by atoms with van der Waals surface area (Å²) < 4.78 is 47.7. The Morgan fingerprint density at radius 3 is 2.09 bits per heavy atom. The van der Waals surface area contributed by atoms with Crippen LogP contribution in [-0.4, -0.2) is 14.1 Å². The molecule has 10 aromatic rings. The summed E-state index contributed by atoms with van der Waals surface area (Å²) in [6.45, 7) is 18.0. The van der Waals surface area contributed by atoms with Gasteiger partial charge in [0.2, 0.25) is 0 Å². The van der Waals surface area contributed by atoms with Gasteiger partial charge in [0.05, 0.1) is 22.2 Å². The quantitative estimate of drug-likeness (QED) is 0.107. The number of hydrogen-bond donors (Lipinski definition) is 0. The molecular weight excluding hydrogens is 988 g/mol. The first kappa shape index (κ1) is 39.8. The van der Waals surface area contributed by atoms with E-state index in [0.29, 0.717) is 45.0 Å². The summed E-state index contributed by atoms with van der Waals surface area (Å²) in [5.74, 6) is 1.78. The molecule has 0 saturated carbocycles. The fourth-order valence-corrected chi connectivity index (χ4v) is 8.76. The fourth-order valence-electron chi connectivity index (χ4n) is 8.76. The Hall–Kier alpha value is -6.55.